The highest BCUT2D eigenvalue weighted by molar-refractivity contribution is 6.13. The first-order chi connectivity index (χ1) is 36.6. The molecular weight excluding hydrogens is 899 g/mol. The van der Waals surface area contributed by atoms with Gasteiger partial charge in [0, 0.05) is 23.2 Å². The fourth-order valence-electron chi connectivity index (χ4n) is 11.3. The van der Waals surface area contributed by atoms with Crippen LogP contribution in [0.3, 0.4) is 0 Å². The molecule has 350 valence electrons. The van der Waals surface area contributed by atoms with Crippen LogP contribution in [0, 0.1) is 0 Å². The molecule has 3 atom stereocenters. The lowest BCUT2D eigenvalue weighted by Gasteiger charge is -2.32. The van der Waals surface area contributed by atoms with Crippen molar-refractivity contribution in [3.63, 3.8) is 0 Å². The Labute approximate surface area is 430 Å². The minimum atomic E-state index is -0.230. The number of hydrogen-bond donors (Lipinski definition) is 3. The van der Waals surface area contributed by atoms with Crippen molar-refractivity contribution in [2.75, 3.05) is 0 Å². The lowest BCUT2D eigenvalue weighted by atomic mass is 9.89. The molecular formula is C69H49N5. The van der Waals surface area contributed by atoms with E-state index in [-0.39, 0.29) is 18.4 Å². The summed E-state index contributed by atoms with van der Waals surface area (Å²) >= 11 is 0. The third kappa shape index (κ3) is 7.97. The number of aromatic nitrogens is 1. The van der Waals surface area contributed by atoms with Crippen molar-refractivity contribution in [1.82, 2.24) is 20.9 Å². The lowest BCUT2D eigenvalue weighted by Crippen LogP contribution is -2.45. The van der Waals surface area contributed by atoms with Gasteiger partial charge in [0.2, 0.25) is 0 Å². The van der Waals surface area contributed by atoms with E-state index in [1.807, 2.05) is 12.4 Å². The van der Waals surface area contributed by atoms with Crippen LogP contribution in [-0.2, 0) is 0 Å². The van der Waals surface area contributed by atoms with Crippen molar-refractivity contribution in [3.05, 3.63) is 294 Å². The molecule has 0 saturated carbocycles. The second-order valence-corrected chi connectivity index (χ2v) is 19.5. The highest BCUT2D eigenvalue weighted by Crippen LogP contribution is 2.39. The van der Waals surface area contributed by atoms with Crippen molar-refractivity contribution < 1.29 is 0 Å². The van der Waals surface area contributed by atoms with Crippen LogP contribution in [0.2, 0.25) is 0 Å². The molecule has 0 radical (unpaired) electrons. The summed E-state index contributed by atoms with van der Waals surface area (Å²) in [6.07, 6.45) is 12.2. The van der Waals surface area contributed by atoms with E-state index in [2.05, 4.69) is 270 Å². The average molecular weight is 948 g/mol. The number of aliphatic imine (C=N–C) groups is 1. The molecule has 5 nitrogen and oxygen atoms in total. The van der Waals surface area contributed by atoms with Crippen molar-refractivity contribution in [2.24, 2.45) is 4.99 Å². The van der Waals surface area contributed by atoms with Crippen LogP contribution < -0.4 is 26.4 Å². The van der Waals surface area contributed by atoms with Crippen LogP contribution in [0.5, 0.6) is 0 Å². The van der Waals surface area contributed by atoms with Gasteiger partial charge in [-0.3, -0.25) is 10.3 Å². The van der Waals surface area contributed by atoms with Gasteiger partial charge in [-0.25, -0.2) is 4.99 Å². The van der Waals surface area contributed by atoms with Gasteiger partial charge in [-0.2, -0.15) is 0 Å². The van der Waals surface area contributed by atoms with Crippen molar-refractivity contribution in [2.45, 2.75) is 18.4 Å². The summed E-state index contributed by atoms with van der Waals surface area (Å²) in [4.78, 5) is 9.91. The maximum Gasteiger partial charge on any atom is 0.132 e. The van der Waals surface area contributed by atoms with Gasteiger partial charge in [-0.1, -0.05) is 206 Å². The summed E-state index contributed by atoms with van der Waals surface area (Å²) in [6, 6.07) is 81.8. The number of amidine groups is 1. The van der Waals surface area contributed by atoms with E-state index < -0.39 is 0 Å². The monoisotopic (exact) mass is 947 g/mol. The molecule has 10 aromatic carbocycles. The Balaban J connectivity index is 0.884. The number of nitrogens with zero attached hydrogens (tertiary/aromatic N) is 2. The normalized spacial score (nSPS) is 16.9. The molecule has 2 aliphatic heterocycles. The Morgan fingerprint density at radius 1 is 0.392 bits per heavy atom. The van der Waals surface area contributed by atoms with Gasteiger partial charge in [0.1, 0.15) is 18.2 Å². The molecule has 0 amide bonds. The molecule has 11 aromatic rings. The van der Waals surface area contributed by atoms with Crippen LogP contribution in [0.15, 0.2) is 266 Å². The van der Waals surface area contributed by atoms with E-state index in [0.717, 1.165) is 83.2 Å². The average Bonchev–Trinajstić information content (AvgIpc) is 3.48. The fourth-order valence-corrected chi connectivity index (χ4v) is 11.3. The first-order valence-corrected chi connectivity index (χ1v) is 25.5. The molecule has 3 heterocycles. The van der Waals surface area contributed by atoms with Gasteiger partial charge >= 0.3 is 0 Å². The molecule has 1 aromatic heterocycles. The molecule has 3 aliphatic rings. The van der Waals surface area contributed by atoms with Gasteiger partial charge < -0.3 is 10.6 Å². The lowest BCUT2D eigenvalue weighted by molar-refractivity contribution is 0.409. The Morgan fingerprint density at radius 3 is 1.74 bits per heavy atom. The van der Waals surface area contributed by atoms with E-state index in [0.29, 0.717) is 0 Å². The summed E-state index contributed by atoms with van der Waals surface area (Å²) in [6.45, 7) is 0. The Hall–Kier alpha value is -9.42. The second kappa shape index (κ2) is 18.3. The third-order valence-electron chi connectivity index (χ3n) is 15.0. The second-order valence-electron chi connectivity index (χ2n) is 19.5. The van der Waals surface area contributed by atoms with Crippen molar-refractivity contribution >= 4 is 49.4 Å². The van der Waals surface area contributed by atoms with Crippen LogP contribution >= 0.6 is 0 Å². The molecule has 1 aliphatic carbocycles. The first-order valence-electron chi connectivity index (χ1n) is 25.5. The van der Waals surface area contributed by atoms with Crippen molar-refractivity contribution in [3.8, 4) is 44.5 Å². The summed E-state index contributed by atoms with van der Waals surface area (Å²) in [7, 11) is 0. The van der Waals surface area contributed by atoms with Crippen LogP contribution in [0.25, 0.3) is 88.1 Å². The quantitative estimate of drug-likeness (QED) is 0.142. The van der Waals surface area contributed by atoms with E-state index in [1.165, 1.54) is 43.5 Å². The number of nitrogens with one attached hydrogen (secondary N) is 3. The highest BCUT2D eigenvalue weighted by atomic mass is 15.3. The van der Waals surface area contributed by atoms with E-state index >= 15 is 0 Å². The third-order valence-corrected chi connectivity index (χ3v) is 15.0. The van der Waals surface area contributed by atoms with Crippen LogP contribution in [0.4, 0.5) is 0 Å². The maximum absolute atomic E-state index is 5.37. The SMILES string of the molecule is C1=CC2=c3ccncc3=C(c3ccc4cc(-c5cc(-c6ccc(-c7ccc8ccccc8c7)cc6)cc(-c6cccc7c(C8=NC(c9ccccc9)NC(c9ccccc9)N8)cccc67)c5)ccc4c3)NC2C=C1. The number of fused-ring (bicyclic) bond motifs is 5. The Morgan fingerprint density at radius 2 is 0.973 bits per heavy atom. The minimum Gasteiger partial charge on any atom is -0.374 e. The predicted octanol–water partition coefficient (Wildman–Crippen LogP) is 14.0. The predicted molar refractivity (Wildman–Crippen MR) is 306 cm³/mol. The highest BCUT2D eigenvalue weighted by Gasteiger charge is 2.27. The van der Waals surface area contributed by atoms with Crippen LogP contribution in [-0.4, -0.2) is 16.9 Å². The van der Waals surface area contributed by atoms with Crippen molar-refractivity contribution in [1.29, 1.82) is 0 Å². The molecule has 3 unspecified atom stereocenters. The molecule has 3 N–H and O–H groups in total. The number of pyridine rings is 1. The summed E-state index contributed by atoms with van der Waals surface area (Å²) < 4.78 is 0. The Kier molecular flexibility index (Phi) is 10.7. The molecule has 5 heteroatoms. The zero-order valence-electron chi connectivity index (χ0n) is 40.5. The molecule has 74 heavy (non-hydrogen) atoms. The first kappa shape index (κ1) is 43.4. The number of benzene rings is 10. The molecule has 0 spiro atoms. The van der Waals surface area contributed by atoms with Gasteiger partial charge in [-0.05, 0) is 147 Å². The Bertz CT molecular complexity index is 4230. The number of allylic oxidation sites excluding steroid dienone is 2. The maximum atomic E-state index is 5.37. The van der Waals surface area contributed by atoms with E-state index in [1.54, 1.807) is 0 Å². The zero-order chi connectivity index (χ0) is 49.0. The molecule has 0 bridgehead atoms. The number of rotatable bonds is 8. The summed E-state index contributed by atoms with van der Waals surface area (Å²) in [5.74, 6) is 0.860. The zero-order valence-corrected chi connectivity index (χ0v) is 40.5. The summed E-state index contributed by atoms with van der Waals surface area (Å²) in [5, 5.41) is 20.9. The van der Waals surface area contributed by atoms with Gasteiger partial charge in [0.05, 0.1) is 11.7 Å². The van der Waals surface area contributed by atoms with Gasteiger partial charge in [0.15, 0.2) is 0 Å². The van der Waals surface area contributed by atoms with Gasteiger partial charge in [0.25, 0.3) is 0 Å². The standard InChI is InChI=1S/C69H49N5/c1-3-14-47(15-4-1)67-72-68(48-16-5-2-6-17-48)74-69(73-67)63-23-12-21-59-58(20-11-22-60(59)63)57-41-55(46-27-25-45(26-28-46)50-30-29-44-13-7-8-18-49(44)37-50)40-56(42-57)53-32-31-52-39-54(34-33-51(52)38-53)66-64-43-70-36-35-61(64)62-19-9-10-24-65(62)71-66/h1-43,65,67-68,71-72H,(H,73,74). The number of hydrogen-bond acceptors (Lipinski definition) is 5. The molecule has 14 rings (SSSR count). The largest absolute Gasteiger partial charge is 0.374 e. The molecule has 0 saturated heterocycles. The fraction of sp³-hybridized carbons (Fsp3) is 0.0435. The minimum absolute atomic E-state index is 0.113. The van der Waals surface area contributed by atoms with E-state index in [4.69, 9.17) is 4.99 Å². The van der Waals surface area contributed by atoms with E-state index in [9.17, 15) is 0 Å². The smallest absolute Gasteiger partial charge is 0.132 e. The molecule has 0 fully saturated rings. The summed E-state index contributed by atoms with van der Waals surface area (Å²) in [5.41, 5.74) is 16.2. The van der Waals surface area contributed by atoms with Crippen LogP contribution in [0.1, 0.15) is 34.6 Å². The topological polar surface area (TPSA) is 61.3 Å². The van der Waals surface area contributed by atoms with Gasteiger partial charge in [-0.15, -0.1) is 0 Å².